The maximum absolute atomic E-state index is 12.4. The number of nitrogens with one attached hydrogen (secondary N) is 1. The number of carbonyl (C=O) groups excluding carboxylic acids is 1. The molecule has 0 spiro atoms. The lowest BCUT2D eigenvalue weighted by Crippen LogP contribution is -2.31. The predicted molar refractivity (Wildman–Crippen MR) is 95.5 cm³/mol. The molecule has 7 heteroatoms. The zero-order chi connectivity index (χ0) is 18.3. The second-order valence-electron chi connectivity index (χ2n) is 5.22. The van der Waals surface area contributed by atoms with Gasteiger partial charge in [-0.15, -0.1) is 13.2 Å². The van der Waals surface area contributed by atoms with Gasteiger partial charge < -0.3 is 9.32 Å². The third-order valence-electron chi connectivity index (χ3n) is 3.41. The molecule has 0 radical (unpaired) electrons. The fourth-order valence-electron chi connectivity index (χ4n) is 2.17. The third-order valence-corrected chi connectivity index (χ3v) is 4.83. The normalized spacial score (nSPS) is 11.0. The van der Waals surface area contributed by atoms with E-state index in [0.29, 0.717) is 24.4 Å². The van der Waals surface area contributed by atoms with Crippen molar-refractivity contribution in [3.63, 3.8) is 0 Å². The molecule has 0 saturated carbocycles. The number of hydrogen-bond donors (Lipinski definition) is 1. The lowest BCUT2D eigenvalue weighted by molar-refractivity contribution is 0.0790. The maximum Gasteiger partial charge on any atom is 0.254 e. The number of carbonyl (C=O) groups is 1. The summed E-state index contributed by atoms with van der Waals surface area (Å²) in [6.45, 7) is 8.07. The van der Waals surface area contributed by atoms with Gasteiger partial charge in [0.1, 0.15) is 5.76 Å². The maximum atomic E-state index is 12.4. The smallest absolute Gasteiger partial charge is 0.254 e. The molecule has 1 N–H and O–H groups in total. The first-order valence-corrected chi connectivity index (χ1v) is 9.09. The topological polar surface area (TPSA) is 79.6 Å². The Hall–Kier alpha value is -2.64. The molecule has 0 fully saturated rings. The Kier molecular flexibility index (Phi) is 6.32. The highest BCUT2D eigenvalue weighted by Gasteiger charge is 2.17. The molecule has 0 aliphatic rings. The number of sulfonamides is 1. The minimum absolute atomic E-state index is 0.0580. The van der Waals surface area contributed by atoms with Gasteiger partial charge in [0.25, 0.3) is 5.91 Å². The summed E-state index contributed by atoms with van der Waals surface area (Å²) in [6.07, 6.45) is 4.72. The molecule has 1 heterocycles. The van der Waals surface area contributed by atoms with Crippen LogP contribution in [0.25, 0.3) is 0 Å². The standard InChI is InChI=1S/C18H20N2O4S/c1-3-11-20(12-4-2)18(21)15-7-9-17(10-8-15)25(22,23)19-14-16-6-5-13-24-16/h3-10,13,19H,1-2,11-12,14H2. The van der Waals surface area contributed by atoms with E-state index in [1.807, 2.05) is 0 Å². The van der Waals surface area contributed by atoms with Crippen molar-refractivity contribution < 1.29 is 17.6 Å². The zero-order valence-electron chi connectivity index (χ0n) is 13.7. The van der Waals surface area contributed by atoms with Gasteiger partial charge in [0, 0.05) is 18.7 Å². The van der Waals surface area contributed by atoms with E-state index in [4.69, 9.17) is 4.42 Å². The number of nitrogens with zero attached hydrogens (tertiary/aromatic N) is 1. The van der Waals surface area contributed by atoms with E-state index in [0.717, 1.165) is 0 Å². The molecule has 0 bridgehead atoms. The van der Waals surface area contributed by atoms with Gasteiger partial charge in [-0.3, -0.25) is 4.79 Å². The molecule has 0 atom stereocenters. The second kappa shape index (κ2) is 8.46. The van der Waals surface area contributed by atoms with Crippen molar-refractivity contribution in [2.45, 2.75) is 11.4 Å². The summed E-state index contributed by atoms with van der Waals surface area (Å²) in [5, 5.41) is 0. The number of hydrogen-bond acceptors (Lipinski definition) is 4. The van der Waals surface area contributed by atoms with Gasteiger partial charge in [-0.2, -0.15) is 0 Å². The Morgan fingerprint density at radius 3 is 2.28 bits per heavy atom. The first-order valence-electron chi connectivity index (χ1n) is 7.61. The SMILES string of the molecule is C=CCN(CC=C)C(=O)c1ccc(S(=O)(=O)NCc2ccco2)cc1. The van der Waals surface area contributed by atoms with Gasteiger partial charge >= 0.3 is 0 Å². The van der Waals surface area contributed by atoms with Crippen molar-refractivity contribution in [3.8, 4) is 0 Å². The molecule has 132 valence electrons. The van der Waals surface area contributed by atoms with Crippen LogP contribution < -0.4 is 4.72 Å². The number of benzene rings is 1. The highest BCUT2D eigenvalue weighted by molar-refractivity contribution is 7.89. The van der Waals surface area contributed by atoms with E-state index in [-0.39, 0.29) is 17.3 Å². The van der Waals surface area contributed by atoms with Gasteiger partial charge in [0.2, 0.25) is 10.0 Å². The minimum atomic E-state index is -3.69. The van der Waals surface area contributed by atoms with E-state index in [1.54, 1.807) is 29.2 Å². The quantitative estimate of drug-likeness (QED) is 0.697. The zero-order valence-corrected chi connectivity index (χ0v) is 14.5. The van der Waals surface area contributed by atoms with Crippen LogP contribution in [0, 0.1) is 0 Å². The lowest BCUT2D eigenvalue weighted by atomic mass is 10.2. The molecule has 1 aromatic carbocycles. The molecule has 6 nitrogen and oxygen atoms in total. The van der Waals surface area contributed by atoms with Crippen LogP contribution in [0.15, 0.2) is 77.3 Å². The van der Waals surface area contributed by atoms with E-state index < -0.39 is 10.0 Å². The molecule has 0 aliphatic carbocycles. The van der Waals surface area contributed by atoms with Crippen molar-refractivity contribution in [1.29, 1.82) is 0 Å². The summed E-state index contributed by atoms with van der Waals surface area (Å²) in [7, 11) is -3.69. The Bertz CT molecular complexity index is 814. The van der Waals surface area contributed by atoms with Crippen molar-refractivity contribution >= 4 is 15.9 Å². The predicted octanol–water partition coefficient (Wildman–Crippen LogP) is 2.57. The molecule has 2 aromatic rings. The van der Waals surface area contributed by atoms with Crippen LogP contribution in [0.3, 0.4) is 0 Å². The van der Waals surface area contributed by atoms with E-state index in [9.17, 15) is 13.2 Å². The van der Waals surface area contributed by atoms with Crippen LogP contribution in [0.5, 0.6) is 0 Å². The fourth-order valence-corrected chi connectivity index (χ4v) is 3.17. The van der Waals surface area contributed by atoms with Gasteiger partial charge in [-0.25, -0.2) is 13.1 Å². The molecule has 0 unspecified atom stereocenters. The first-order chi connectivity index (χ1) is 12.0. The summed E-state index contributed by atoms with van der Waals surface area (Å²) in [5.74, 6) is 0.298. The molecule has 1 amide bonds. The Morgan fingerprint density at radius 2 is 1.76 bits per heavy atom. The molecular weight excluding hydrogens is 340 g/mol. The molecule has 25 heavy (non-hydrogen) atoms. The summed E-state index contributed by atoms with van der Waals surface area (Å²) in [4.78, 5) is 14.1. The lowest BCUT2D eigenvalue weighted by Gasteiger charge is -2.19. The van der Waals surface area contributed by atoms with Crippen LogP contribution in [-0.4, -0.2) is 32.3 Å². The fraction of sp³-hybridized carbons (Fsp3) is 0.167. The van der Waals surface area contributed by atoms with Crippen molar-refractivity contribution in [2.75, 3.05) is 13.1 Å². The van der Waals surface area contributed by atoms with E-state index in [1.165, 1.54) is 30.5 Å². The first kappa shape index (κ1) is 18.7. The average molecular weight is 360 g/mol. The summed E-state index contributed by atoms with van der Waals surface area (Å²) < 4.78 is 32.1. The summed E-state index contributed by atoms with van der Waals surface area (Å²) in [6, 6.07) is 9.14. The van der Waals surface area contributed by atoms with Crippen LogP contribution in [0.2, 0.25) is 0 Å². The molecular formula is C18H20N2O4S. The third kappa shape index (κ3) is 4.91. The van der Waals surface area contributed by atoms with Crippen molar-refractivity contribution in [1.82, 2.24) is 9.62 Å². The van der Waals surface area contributed by atoms with Crippen molar-refractivity contribution in [3.05, 3.63) is 79.3 Å². The molecule has 0 saturated heterocycles. The highest BCUT2D eigenvalue weighted by Crippen LogP contribution is 2.13. The van der Waals surface area contributed by atoms with Crippen LogP contribution >= 0.6 is 0 Å². The van der Waals surface area contributed by atoms with Crippen molar-refractivity contribution in [2.24, 2.45) is 0 Å². The molecule has 0 aliphatic heterocycles. The molecule has 1 aromatic heterocycles. The van der Waals surface area contributed by atoms with E-state index >= 15 is 0 Å². The van der Waals surface area contributed by atoms with E-state index in [2.05, 4.69) is 17.9 Å². The highest BCUT2D eigenvalue weighted by atomic mass is 32.2. The van der Waals surface area contributed by atoms with Gasteiger partial charge in [-0.05, 0) is 36.4 Å². The number of furan rings is 1. The van der Waals surface area contributed by atoms with Gasteiger partial charge in [-0.1, -0.05) is 12.2 Å². The average Bonchev–Trinajstić information content (AvgIpc) is 3.13. The Balaban J connectivity index is 2.10. The molecule has 2 rings (SSSR count). The van der Waals surface area contributed by atoms with Crippen LogP contribution in [-0.2, 0) is 16.6 Å². The largest absolute Gasteiger partial charge is 0.468 e. The van der Waals surface area contributed by atoms with Crippen LogP contribution in [0.1, 0.15) is 16.1 Å². The Labute approximate surface area is 147 Å². The van der Waals surface area contributed by atoms with Gasteiger partial charge in [0.05, 0.1) is 17.7 Å². The number of rotatable bonds is 9. The second-order valence-corrected chi connectivity index (χ2v) is 6.98. The van der Waals surface area contributed by atoms with Crippen LogP contribution in [0.4, 0.5) is 0 Å². The minimum Gasteiger partial charge on any atom is -0.468 e. The summed E-state index contributed by atoms with van der Waals surface area (Å²) in [5.41, 5.74) is 0.397. The summed E-state index contributed by atoms with van der Waals surface area (Å²) >= 11 is 0. The van der Waals surface area contributed by atoms with Gasteiger partial charge in [0.15, 0.2) is 0 Å². The Morgan fingerprint density at radius 1 is 1.12 bits per heavy atom. The number of amides is 1. The monoisotopic (exact) mass is 360 g/mol.